The molecule has 0 aromatic heterocycles. The lowest BCUT2D eigenvalue weighted by Gasteiger charge is -2.23. The number of benzene rings is 2. The van der Waals surface area contributed by atoms with Gasteiger partial charge >= 0.3 is 0 Å². The second-order valence-electron chi connectivity index (χ2n) is 6.24. The predicted octanol–water partition coefficient (Wildman–Crippen LogP) is 4.46. The summed E-state index contributed by atoms with van der Waals surface area (Å²) in [5.74, 6) is 0.975. The maximum Gasteiger partial charge on any atom is 0.124 e. The number of nitrogens with zero attached hydrogens (tertiary/aromatic N) is 1. The van der Waals surface area contributed by atoms with E-state index < -0.39 is 0 Å². The molecule has 3 nitrogen and oxygen atoms in total. The van der Waals surface area contributed by atoms with Gasteiger partial charge in [-0.25, -0.2) is 0 Å². The average molecular weight is 346 g/mol. The molecule has 1 aliphatic rings. The Kier molecular flexibility index (Phi) is 5.64. The fourth-order valence-corrected chi connectivity index (χ4v) is 3.61. The molecule has 128 valence electrons. The normalized spacial score (nSPS) is 15.5. The van der Waals surface area contributed by atoms with Crippen molar-refractivity contribution in [3.63, 3.8) is 0 Å². The van der Waals surface area contributed by atoms with Crippen LogP contribution < -0.4 is 9.64 Å². The Morgan fingerprint density at radius 2 is 1.83 bits per heavy atom. The molecule has 1 aliphatic heterocycles. The van der Waals surface area contributed by atoms with Crippen molar-refractivity contribution < 1.29 is 9.84 Å². The van der Waals surface area contributed by atoms with Crippen molar-refractivity contribution in [2.75, 3.05) is 31.7 Å². The summed E-state index contributed by atoms with van der Waals surface area (Å²) in [4.78, 5) is 2.40. The number of hydrogen-bond donors (Lipinski definition) is 1. The molecule has 3 rings (SSSR count). The summed E-state index contributed by atoms with van der Waals surface area (Å²) >= 11 is 6.01. The van der Waals surface area contributed by atoms with E-state index >= 15 is 0 Å². The first-order chi connectivity index (χ1) is 11.7. The maximum atomic E-state index is 9.53. The van der Waals surface area contributed by atoms with Crippen LogP contribution in [0.15, 0.2) is 42.5 Å². The van der Waals surface area contributed by atoms with Crippen LogP contribution in [-0.2, 0) is 0 Å². The maximum absolute atomic E-state index is 9.53. The summed E-state index contributed by atoms with van der Waals surface area (Å²) in [6, 6.07) is 14.3. The minimum absolute atomic E-state index is 0.0924. The van der Waals surface area contributed by atoms with E-state index in [1.54, 1.807) is 7.11 Å². The van der Waals surface area contributed by atoms with Gasteiger partial charge in [-0.15, -0.1) is 0 Å². The summed E-state index contributed by atoms with van der Waals surface area (Å²) < 4.78 is 5.68. The summed E-state index contributed by atoms with van der Waals surface area (Å²) in [5.41, 5.74) is 3.46. The average Bonchev–Trinajstić information content (AvgIpc) is 3.15. The lowest BCUT2D eigenvalue weighted by Crippen LogP contribution is -2.17. The van der Waals surface area contributed by atoms with E-state index in [0.717, 1.165) is 35.0 Å². The molecular weight excluding hydrogens is 322 g/mol. The topological polar surface area (TPSA) is 32.7 Å². The molecule has 2 aromatic rings. The molecule has 0 saturated carbocycles. The number of aliphatic hydroxyl groups excluding tert-OH is 1. The van der Waals surface area contributed by atoms with E-state index in [2.05, 4.69) is 23.1 Å². The number of methoxy groups -OCH3 is 1. The number of rotatable bonds is 6. The molecule has 2 aromatic carbocycles. The van der Waals surface area contributed by atoms with Crippen molar-refractivity contribution in [1.29, 1.82) is 0 Å². The molecule has 1 fully saturated rings. The number of hydrogen-bond acceptors (Lipinski definition) is 3. The number of ether oxygens (including phenoxy) is 1. The lowest BCUT2D eigenvalue weighted by atomic mass is 9.88. The number of aliphatic hydroxyl groups is 1. The first-order valence-electron chi connectivity index (χ1n) is 8.52. The third-order valence-electron chi connectivity index (χ3n) is 4.75. The van der Waals surface area contributed by atoms with E-state index in [4.69, 9.17) is 16.3 Å². The van der Waals surface area contributed by atoms with Crippen LogP contribution in [0.5, 0.6) is 5.75 Å². The lowest BCUT2D eigenvalue weighted by molar-refractivity contribution is 0.280. The molecule has 4 heteroatoms. The smallest absolute Gasteiger partial charge is 0.124 e. The molecule has 0 unspecified atom stereocenters. The van der Waals surface area contributed by atoms with Gasteiger partial charge in [0.15, 0.2) is 0 Å². The van der Waals surface area contributed by atoms with Gasteiger partial charge in [-0.2, -0.15) is 0 Å². The fraction of sp³-hybridized carbons (Fsp3) is 0.400. The second-order valence-corrected chi connectivity index (χ2v) is 6.67. The third kappa shape index (κ3) is 3.68. The standard InChI is InChI=1S/C20H24ClNO2/c1-24-20-14-17(22-11-2-3-12-22)8-9-19(20)18(10-13-23)15-4-6-16(21)7-5-15/h4-9,14,18,23H,2-3,10-13H2,1H3/t18-/m0/s1. The Balaban J connectivity index is 1.95. The summed E-state index contributed by atoms with van der Waals surface area (Å²) in [5, 5.41) is 10.2. The molecule has 1 atom stereocenters. The SMILES string of the molecule is COc1cc(N2CCCC2)ccc1[C@@H](CCO)c1ccc(Cl)cc1. The molecule has 0 spiro atoms. The van der Waals surface area contributed by atoms with Crippen molar-refractivity contribution in [3.8, 4) is 5.75 Å². The van der Waals surface area contributed by atoms with Crippen LogP contribution in [-0.4, -0.2) is 31.9 Å². The van der Waals surface area contributed by atoms with Crippen LogP contribution in [0.4, 0.5) is 5.69 Å². The molecule has 24 heavy (non-hydrogen) atoms. The van der Waals surface area contributed by atoms with Gasteiger partial charge in [-0.3, -0.25) is 0 Å². The monoisotopic (exact) mass is 345 g/mol. The minimum atomic E-state index is 0.0924. The fourth-order valence-electron chi connectivity index (χ4n) is 3.49. The van der Waals surface area contributed by atoms with Crippen molar-refractivity contribution in [1.82, 2.24) is 0 Å². The Hall–Kier alpha value is -1.71. The van der Waals surface area contributed by atoms with Crippen LogP contribution in [0.25, 0.3) is 0 Å². The van der Waals surface area contributed by atoms with E-state index in [1.807, 2.05) is 24.3 Å². The highest BCUT2D eigenvalue weighted by atomic mass is 35.5. The Morgan fingerprint density at radius 1 is 1.12 bits per heavy atom. The van der Waals surface area contributed by atoms with E-state index in [9.17, 15) is 5.11 Å². The Morgan fingerprint density at radius 3 is 2.46 bits per heavy atom. The highest BCUT2D eigenvalue weighted by Crippen LogP contribution is 2.37. The highest BCUT2D eigenvalue weighted by molar-refractivity contribution is 6.30. The molecule has 1 N–H and O–H groups in total. The second kappa shape index (κ2) is 7.91. The van der Waals surface area contributed by atoms with E-state index in [1.165, 1.54) is 18.5 Å². The van der Waals surface area contributed by atoms with E-state index in [0.29, 0.717) is 6.42 Å². The van der Waals surface area contributed by atoms with Crippen LogP contribution in [0.1, 0.15) is 36.3 Å². The summed E-state index contributed by atoms with van der Waals surface area (Å²) in [6.07, 6.45) is 3.16. The molecular formula is C20H24ClNO2. The first-order valence-corrected chi connectivity index (χ1v) is 8.90. The number of halogens is 1. The van der Waals surface area contributed by atoms with Crippen LogP contribution in [0.3, 0.4) is 0 Å². The van der Waals surface area contributed by atoms with Crippen LogP contribution in [0.2, 0.25) is 5.02 Å². The van der Waals surface area contributed by atoms with Crippen molar-refractivity contribution in [2.45, 2.75) is 25.2 Å². The minimum Gasteiger partial charge on any atom is -0.496 e. The zero-order valence-corrected chi connectivity index (χ0v) is 14.8. The Bertz CT molecular complexity index is 666. The third-order valence-corrected chi connectivity index (χ3v) is 5.01. The van der Waals surface area contributed by atoms with Crippen LogP contribution in [0, 0.1) is 0 Å². The largest absolute Gasteiger partial charge is 0.496 e. The number of anilines is 1. The molecule has 0 amide bonds. The van der Waals surface area contributed by atoms with E-state index in [-0.39, 0.29) is 12.5 Å². The van der Waals surface area contributed by atoms with Gasteiger partial charge in [-0.05, 0) is 43.0 Å². The van der Waals surface area contributed by atoms with Gasteiger partial charge < -0.3 is 14.7 Å². The quantitative estimate of drug-likeness (QED) is 0.838. The van der Waals surface area contributed by atoms with Crippen molar-refractivity contribution in [3.05, 3.63) is 58.6 Å². The van der Waals surface area contributed by atoms with Gasteiger partial charge in [-0.1, -0.05) is 29.8 Å². The van der Waals surface area contributed by atoms with Gasteiger partial charge in [0.1, 0.15) is 5.75 Å². The first kappa shape index (κ1) is 17.1. The van der Waals surface area contributed by atoms with Crippen LogP contribution >= 0.6 is 11.6 Å². The van der Waals surface area contributed by atoms with Gasteiger partial charge in [0.2, 0.25) is 0 Å². The molecule has 0 radical (unpaired) electrons. The zero-order valence-electron chi connectivity index (χ0n) is 14.0. The molecule has 0 aliphatic carbocycles. The molecule has 1 saturated heterocycles. The summed E-state index contributed by atoms with van der Waals surface area (Å²) in [6.45, 7) is 2.35. The summed E-state index contributed by atoms with van der Waals surface area (Å²) in [7, 11) is 1.71. The van der Waals surface area contributed by atoms with Crippen molar-refractivity contribution in [2.24, 2.45) is 0 Å². The predicted molar refractivity (Wildman–Crippen MR) is 99.4 cm³/mol. The Labute approximate surface area is 148 Å². The zero-order chi connectivity index (χ0) is 16.9. The van der Waals surface area contributed by atoms with Gasteiger partial charge in [0, 0.05) is 48.0 Å². The molecule has 0 bridgehead atoms. The van der Waals surface area contributed by atoms with Gasteiger partial charge in [0.25, 0.3) is 0 Å². The van der Waals surface area contributed by atoms with Gasteiger partial charge in [0.05, 0.1) is 7.11 Å². The highest BCUT2D eigenvalue weighted by Gasteiger charge is 2.20. The molecule has 1 heterocycles. The van der Waals surface area contributed by atoms with Crippen molar-refractivity contribution >= 4 is 17.3 Å².